The van der Waals surface area contributed by atoms with Gasteiger partial charge in [-0.15, -0.1) is 0 Å². The van der Waals surface area contributed by atoms with E-state index in [4.69, 9.17) is 40.5 Å². The van der Waals surface area contributed by atoms with Gasteiger partial charge in [-0.25, -0.2) is 0 Å². The molecule has 0 unspecified atom stereocenters. The van der Waals surface area contributed by atoms with Crippen LogP contribution in [0.5, 0.6) is 0 Å². The first kappa shape index (κ1) is 11.9. The van der Waals surface area contributed by atoms with Crippen molar-refractivity contribution in [2.75, 3.05) is 18.4 Å². The van der Waals surface area contributed by atoms with Crippen molar-refractivity contribution in [2.24, 2.45) is 5.73 Å². The molecule has 0 aliphatic heterocycles. The Kier molecular flexibility index (Phi) is 4.82. The summed E-state index contributed by atoms with van der Waals surface area (Å²) in [7, 11) is 0. The number of halogens is 3. The highest BCUT2D eigenvalue weighted by atomic mass is 35.5. The molecule has 0 aliphatic carbocycles. The van der Waals surface area contributed by atoms with E-state index in [1.54, 1.807) is 12.1 Å². The molecule has 78 valence electrons. The van der Waals surface area contributed by atoms with Crippen molar-refractivity contribution in [1.29, 1.82) is 0 Å². The molecule has 0 atom stereocenters. The molecular weight excluding hydrogens is 242 g/mol. The van der Waals surface area contributed by atoms with E-state index in [-0.39, 0.29) is 0 Å². The minimum atomic E-state index is 0.527. The van der Waals surface area contributed by atoms with Gasteiger partial charge in [0.1, 0.15) is 0 Å². The fraction of sp³-hybridized carbons (Fsp3) is 0.333. The third-order valence-corrected chi connectivity index (χ3v) is 2.50. The normalized spacial score (nSPS) is 10.3. The van der Waals surface area contributed by atoms with E-state index in [1.165, 1.54) is 0 Å². The maximum Gasteiger partial charge on any atom is 0.0720 e. The molecule has 0 saturated carbocycles. The zero-order valence-corrected chi connectivity index (χ0v) is 9.76. The van der Waals surface area contributed by atoms with Crippen LogP contribution in [-0.2, 0) is 0 Å². The van der Waals surface area contributed by atoms with Gasteiger partial charge in [0.05, 0.1) is 15.7 Å². The molecule has 0 aromatic heterocycles. The highest BCUT2D eigenvalue weighted by Gasteiger charge is 2.06. The zero-order valence-electron chi connectivity index (χ0n) is 7.49. The third kappa shape index (κ3) is 3.21. The van der Waals surface area contributed by atoms with Crippen molar-refractivity contribution in [3.05, 3.63) is 27.2 Å². The monoisotopic (exact) mass is 252 g/mol. The first-order valence-corrected chi connectivity index (χ1v) is 5.37. The predicted molar refractivity (Wildman–Crippen MR) is 63.6 cm³/mol. The lowest BCUT2D eigenvalue weighted by atomic mass is 10.3. The number of hydrogen-bond acceptors (Lipinski definition) is 2. The molecule has 2 nitrogen and oxygen atoms in total. The van der Waals surface area contributed by atoms with Crippen molar-refractivity contribution < 1.29 is 0 Å². The minimum absolute atomic E-state index is 0.527. The molecule has 5 heteroatoms. The highest BCUT2D eigenvalue weighted by molar-refractivity contribution is 6.41. The fourth-order valence-corrected chi connectivity index (χ4v) is 1.98. The third-order valence-electron chi connectivity index (χ3n) is 1.69. The SMILES string of the molecule is NCCCNc1c(Cl)cc(Cl)cc1Cl. The van der Waals surface area contributed by atoms with E-state index in [2.05, 4.69) is 5.32 Å². The quantitative estimate of drug-likeness (QED) is 0.807. The Morgan fingerprint density at radius 2 is 1.71 bits per heavy atom. The molecule has 1 aromatic rings. The van der Waals surface area contributed by atoms with Gasteiger partial charge < -0.3 is 11.1 Å². The molecule has 0 fully saturated rings. The second-order valence-electron chi connectivity index (χ2n) is 2.81. The van der Waals surface area contributed by atoms with Gasteiger partial charge in [0.15, 0.2) is 0 Å². The van der Waals surface area contributed by atoms with Gasteiger partial charge in [-0.2, -0.15) is 0 Å². The molecule has 3 N–H and O–H groups in total. The first-order chi connectivity index (χ1) is 6.65. The van der Waals surface area contributed by atoms with Gasteiger partial charge >= 0.3 is 0 Å². The largest absolute Gasteiger partial charge is 0.383 e. The summed E-state index contributed by atoms with van der Waals surface area (Å²) in [5, 5.41) is 4.69. The number of hydrogen-bond donors (Lipinski definition) is 2. The molecule has 1 rings (SSSR count). The highest BCUT2D eigenvalue weighted by Crippen LogP contribution is 2.33. The van der Waals surface area contributed by atoms with Crippen LogP contribution in [0.25, 0.3) is 0 Å². The summed E-state index contributed by atoms with van der Waals surface area (Å²) in [4.78, 5) is 0. The van der Waals surface area contributed by atoms with E-state index in [0.717, 1.165) is 13.0 Å². The van der Waals surface area contributed by atoms with Crippen molar-refractivity contribution >= 4 is 40.5 Å². The van der Waals surface area contributed by atoms with Crippen LogP contribution in [0, 0.1) is 0 Å². The average Bonchev–Trinajstić information content (AvgIpc) is 2.09. The molecule has 0 amide bonds. The molecule has 0 bridgehead atoms. The van der Waals surface area contributed by atoms with Gasteiger partial charge in [0.2, 0.25) is 0 Å². The smallest absolute Gasteiger partial charge is 0.0720 e. The molecule has 14 heavy (non-hydrogen) atoms. The Hall–Kier alpha value is -0.150. The number of nitrogens with two attached hydrogens (primary N) is 1. The van der Waals surface area contributed by atoms with Crippen LogP contribution >= 0.6 is 34.8 Å². The fourth-order valence-electron chi connectivity index (χ4n) is 1.03. The second-order valence-corrected chi connectivity index (χ2v) is 4.06. The molecule has 0 aliphatic rings. The van der Waals surface area contributed by atoms with Gasteiger partial charge in [0, 0.05) is 11.6 Å². The summed E-state index contributed by atoms with van der Waals surface area (Å²) in [6.07, 6.45) is 0.870. The number of benzene rings is 1. The number of nitrogens with one attached hydrogen (secondary N) is 1. The Balaban J connectivity index is 2.75. The van der Waals surface area contributed by atoms with Crippen LogP contribution in [0.15, 0.2) is 12.1 Å². The Labute approximate surface area is 98.3 Å². The number of rotatable bonds is 4. The molecule has 0 saturated heterocycles. The van der Waals surface area contributed by atoms with E-state index in [9.17, 15) is 0 Å². The first-order valence-electron chi connectivity index (χ1n) is 4.23. The Bertz CT molecular complexity index is 292. The van der Waals surface area contributed by atoms with E-state index < -0.39 is 0 Å². The van der Waals surface area contributed by atoms with E-state index in [0.29, 0.717) is 27.3 Å². The number of anilines is 1. The van der Waals surface area contributed by atoms with Crippen LogP contribution in [0.4, 0.5) is 5.69 Å². The van der Waals surface area contributed by atoms with Gasteiger partial charge in [0.25, 0.3) is 0 Å². The lowest BCUT2D eigenvalue weighted by Crippen LogP contribution is -2.08. The van der Waals surface area contributed by atoms with Crippen LogP contribution < -0.4 is 11.1 Å². The van der Waals surface area contributed by atoms with Gasteiger partial charge in [-0.3, -0.25) is 0 Å². The van der Waals surface area contributed by atoms with Crippen molar-refractivity contribution in [1.82, 2.24) is 0 Å². The van der Waals surface area contributed by atoms with Crippen LogP contribution in [-0.4, -0.2) is 13.1 Å². The van der Waals surface area contributed by atoms with Crippen molar-refractivity contribution in [3.8, 4) is 0 Å². The Morgan fingerprint density at radius 1 is 1.14 bits per heavy atom. The average molecular weight is 254 g/mol. The van der Waals surface area contributed by atoms with E-state index in [1.807, 2.05) is 0 Å². The maximum atomic E-state index is 5.95. The summed E-state index contributed by atoms with van der Waals surface area (Å²) in [6, 6.07) is 3.31. The van der Waals surface area contributed by atoms with Crippen LogP contribution in [0.3, 0.4) is 0 Å². The van der Waals surface area contributed by atoms with Crippen LogP contribution in [0.1, 0.15) is 6.42 Å². The lowest BCUT2D eigenvalue weighted by Gasteiger charge is -2.10. The van der Waals surface area contributed by atoms with Gasteiger partial charge in [-0.1, -0.05) is 34.8 Å². The summed E-state index contributed by atoms with van der Waals surface area (Å²) in [5.74, 6) is 0. The van der Waals surface area contributed by atoms with Crippen LogP contribution in [0.2, 0.25) is 15.1 Å². The predicted octanol–water partition coefficient (Wildman–Crippen LogP) is 3.41. The molecule has 0 spiro atoms. The molecule has 0 radical (unpaired) electrons. The molecule has 1 aromatic carbocycles. The van der Waals surface area contributed by atoms with E-state index >= 15 is 0 Å². The van der Waals surface area contributed by atoms with Crippen molar-refractivity contribution in [3.63, 3.8) is 0 Å². The Morgan fingerprint density at radius 3 is 2.21 bits per heavy atom. The molecule has 0 heterocycles. The minimum Gasteiger partial charge on any atom is -0.383 e. The summed E-state index contributed by atoms with van der Waals surface area (Å²) in [5.41, 5.74) is 6.08. The molecular formula is C9H11Cl3N2. The summed E-state index contributed by atoms with van der Waals surface area (Å²) in [6.45, 7) is 1.38. The lowest BCUT2D eigenvalue weighted by molar-refractivity contribution is 0.874. The second kappa shape index (κ2) is 5.66. The summed E-state index contributed by atoms with van der Waals surface area (Å²) >= 11 is 17.7. The van der Waals surface area contributed by atoms with Gasteiger partial charge in [-0.05, 0) is 25.1 Å². The topological polar surface area (TPSA) is 38.0 Å². The summed E-state index contributed by atoms with van der Waals surface area (Å²) < 4.78 is 0. The van der Waals surface area contributed by atoms with Crippen molar-refractivity contribution in [2.45, 2.75) is 6.42 Å². The maximum absolute atomic E-state index is 5.95. The zero-order chi connectivity index (χ0) is 10.6. The standard InChI is InChI=1S/C9H11Cl3N2/c10-6-4-7(11)9(8(12)5-6)14-3-1-2-13/h4-5,14H,1-3,13H2.